The number of nitrogens with one attached hydrogen (secondary N) is 1. The van der Waals surface area contributed by atoms with E-state index in [0.29, 0.717) is 11.6 Å². The van der Waals surface area contributed by atoms with Crippen LogP contribution in [0.3, 0.4) is 0 Å². The summed E-state index contributed by atoms with van der Waals surface area (Å²) in [5.74, 6) is -1.25. The van der Waals surface area contributed by atoms with Crippen LogP contribution in [-0.2, 0) is 14.4 Å². The summed E-state index contributed by atoms with van der Waals surface area (Å²) in [7, 11) is 1.48. The molecule has 0 aliphatic carbocycles. The highest BCUT2D eigenvalue weighted by Crippen LogP contribution is 2.15. The van der Waals surface area contributed by atoms with E-state index in [4.69, 9.17) is 14.7 Å². The van der Waals surface area contributed by atoms with Gasteiger partial charge in [0.1, 0.15) is 0 Å². The standard InChI is InChI=1S/C11H11N3O5/c1-18-9-3-2-6(5-12-9)13-10(15)8-4-7(11(16)17)14-19-8/h2-3,5,8H,4H2,1H3,(H,13,15)(H,16,17). The fourth-order valence-corrected chi connectivity index (χ4v) is 1.44. The first-order valence-electron chi connectivity index (χ1n) is 5.37. The number of amides is 1. The van der Waals surface area contributed by atoms with Gasteiger partial charge in [-0.3, -0.25) is 4.79 Å². The van der Waals surface area contributed by atoms with Crippen LogP contribution >= 0.6 is 0 Å². The van der Waals surface area contributed by atoms with Crippen molar-refractivity contribution in [2.24, 2.45) is 5.16 Å². The first-order chi connectivity index (χ1) is 9.10. The largest absolute Gasteiger partial charge is 0.481 e. The van der Waals surface area contributed by atoms with E-state index in [-0.39, 0.29) is 12.1 Å². The quantitative estimate of drug-likeness (QED) is 0.807. The minimum atomic E-state index is -1.19. The molecule has 0 saturated carbocycles. The van der Waals surface area contributed by atoms with Gasteiger partial charge in [-0.05, 0) is 6.07 Å². The maximum absolute atomic E-state index is 11.8. The Kier molecular flexibility index (Phi) is 3.60. The molecule has 1 aromatic heterocycles. The van der Waals surface area contributed by atoms with Gasteiger partial charge < -0.3 is 20.0 Å². The number of ether oxygens (including phenoxy) is 1. The molecule has 1 aliphatic rings. The second kappa shape index (κ2) is 5.34. The average Bonchev–Trinajstić information content (AvgIpc) is 2.89. The van der Waals surface area contributed by atoms with E-state index < -0.39 is 18.0 Å². The molecule has 1 unspecified atom stereocenters. The van der Waals surface area contributed by atoms with Gasteiger partial charge in [-0.2, -0.15) is 0 Å². The van der Waals surface area contributed by atoms with Crippen molar-refractivity contribution in [2.45, 2.75) is 12.5 Å². The van der Waals surface area contributed by atoms with Crippen LogP contribution in [0.25, 0.3) is 0 Å². The molecule has 2 N–H and O–H groups in total. The lowest BCUT2D eigenvalue weighted by Gasteiger charge is -2.09. The average molecular weight is 265 g/mol. The minimum absolute atomic E-state index is 0.0647. The van der Waals surface area contributed by atoms with Gasteiger partial charge in [0, 0.05) is 12.5 Å². The van der Waals surface area contributed by atoms with E-state index >= 15 is 0 Å². The molecule has 100 valence electrons. The predicted molar refractivity (Wildman–Crippen MR) is 64.0 cm³/mol. The zero-order chi connectivity index (χ0) is 13.8. The fraction of sp³-hybridized carbons (Fsp3) is 0.273. The van der Waals surface area contributed by atoms with Crippen LogP contribution in [0.15, 0.2) is 23.5 Å². The Hall–Kier alpha value is -2.64. The third kappa shape index (κ3) is 2.97. The monoisotopic (exact) mass is 265 g/mol. The topological polar surface area (TPSA) is 110 Å². The van der Waals surface area contributed by atoms with Crippen LogP contribution in [0.5, 0.6) is 5.88 Å². The molecule has 2 rings (SSSR count). The Balaban J connectivity index is 1.93. The number of carboxylic acid groups (broad SMARTS) is 1. The number of aromatic nitrogens is 1. The molecular formula is C11H11N3O5. The number of carbonyl (C=O) groups excluding carboxylic acids is 1. The number of anilines is 1. The molecule has 0 spiro atoms. The SMILES string of the molecule is COc1ccc(NC(=O)C2CC(C(=O)O)=NO2)cn1. The molecule has 0 saturated heterocycles. The second-order valence-electron chi connectivity index (χ2n) is 3.72. The number of hydrogen-bond acceptors (Lipinski definition) is 6. The molecule has 0 fully saturated rings. The van der Waals surface area contributed by atoms with Gasteiger partial charge in [0.05, 0.1) is 19.0 Å². The van der Waals surface area contributed by atoms with Crippen molar-refractivity contribution in [3.05, 3.63) is 18.3 Å². The van der Waals surface area contributed by atoms with Crippen molar-refractivity contribution in [1.29, 1.82) is 0 Å². The lowest BCUT2D eigenvalue weighted by atomic mass is 10.1. The number of carbonyl (C=O) groups is 2. The number of methoxy groups -OCH3 is 1. The van der Waals surface area contributed by atoms with Gasteiger partial charge in [0.15, 0.2) is 5.71 Å². The van der Waals surface area contributed by atoms with Gasteiger partial charge in [0.2, 0.25) is 12.0 Å². The minimum Gasteiger partial charge on any atom is -0.481 e. The molecule has 1 aromatic rings. The van der Waals surface area contributed by atoms with Gasteiger partial charge in [0.25, 0.3) is 5.91 Å². The third-order valence-corrected chi connectivity index (χ3v) is 2.42. The normalized spacial score (nSPS) is 17.3. The summed E-state index contributed by atoms with van der Waals surface area (Å²) in [5, 5.41) is 14.6. The van der Waals surface area contributed by atoms with E-state index in [1.54, 1.807) is 12.1 Å². The molecule has 19 heavy (non-hydrogen) atoms. The molecule has 2 heterocycles. The summed E-state index contributed by atoms with van der Waals surface area (Å²) in [6, 6.07) is 3.20. The predicted octanol–water partition coefficient (Wildman–Crippen LogP) is 0.258. The Bertz CT molecular complexity index is 526. The molecule has 1 amide bonds. The van der Waals surface area contributed by atoms with Crippen LogP contribution in [-0.4, -0.2) is 40.9 Å². The third-order valence-electron chi connectivity index (χ3n) is 2.42. The van der Waals surface area contributed by atoms with Gasteiger partial charge >= 0.3 is 5.97 Å². The second-order valence-corrected chi connectivity index (χ2v) is 3.72. The molecule has 8 heteroatoms. The zero-order valence-corrected chi connectivity index (χ0v) is 9.99. The van der Waals surface area contributed by atoms with Crippen LogP contribution < -0.4 is 10.1 Å². The number of rotatable bonds is 4. The highest BCUT2D eigenvalue weighted by molar-refractivity contribution is 6.36. The van der Waals surface area contributed by atoms with Crippen LogP contribution in [0.1, 0.15) is 6.42 Å². The van der Waals surface area contributed by atoms with E-state index in [1.165, 1.54) is 13.3 Å². The Labute approximate surface area is 108 Å². The number of pyridine rings is 1. The number of oxime groups is 1. The molecule has 0 bridgehead atoms. The number of hydrogen-bond donors (Lipinski definition) is 2. The van der Waals surface area contributed by atoms with E-state index in [2.05, 4.69) is 15.5 Å². The summed E-state index contributed by atoms with van der Waals surface area (Å²) in [5.41, 5.74) is 0.284. The van der Waals surface area contributed by atoms with Crippen LogP contribution in [0.2, 0.25) is 0 Å². The number of carboxylic acids is 1. The van der Waals surface area contributed by atoms with Crippen molar-refractivity contribution in [3.8, 4) is 5.88 Å². The Morgan fingerprint density at radius 2 is 2.32 bits per heavy atom. The zero-order valence-electron chi connectivity index (χ0n) is 9.99. The molecule has 0 radical (unpaired) electrons. The summed E-state index contributed by atoms with van der Waals surface area (Å²) >= 11 is 0. The van der Waals surface area contributed by atoms with Gasteiger partial charge in [-0.15, -0.1) is 0 Å². The molecule has 8 nitrogen and oxygen atoms in total. The van der Waals surface area contributed by atoms with Crippen molar-refractivity contribution in [1.82, 2.24) is 4.98 Å². The first kappa shape index (κ1) is 12.8. The van der Waals surface area contributed by atoms with Crippen molar-refractivity contribution < 1.29 is 24.3 Å². The Morgan fingerprint density at radius 1 is 1.53 bits per heavy atom. The molecule has 0 aromatic carbocycles. The molecule has 1 atom stereocenters. The first-order valence-corrected chi connectivity index (χ1v) is 5.37. The number of aliphatic carboxylic acids is 1. The molecule has 1 aliphatic heterocycles. The number of nitrogens with zero attached hydrogens (tertiary/aromatic N) is 2. The lowest BCUT2D eigenvalue weighted by molar-refractivity contribution is -0.129. The van der Waals surface area contributed by atoms with E-state index in [1.807, 2.05) is 0 Å². The van der Waals surface area contributed by atoms with Crippen molar-refractivity contribution in [2.75, 3.05) is 12.4 Å². The van der Waals surface area contributed by atoms with Crippen LogP contribution in [0, 0.1) is 0 Å². The van der Waals surface area contributed by atoms with Crippen LogP contribution in [0.4, 0.5) is 5.69 Å². The smallest absolute Gasteiger partial charge is 0.353 e. The summed E-state index contributed by atoms with van der Waals surface area (Å²) < 4.78 is 4.88. The maximum atomic E-state index is 11.8. The fourth-order valence-electron chi connectivity index (χ4n) is 1.44. The van der Waals surface area contributed by atoms with Crippen molar-refractivity contribution >= 4 is 23.3 Å². The summed E-state index contributed by atoms with van der Waals surface area (Å²) in [6.45, 7) is 0. The maximum Gasteiger partial charge on any atom is 0.353 e. The van der Waals surface area contributed by atoms with Gasteiger partial charge in [-0.1, -0.05) is 5.16 Å². The van der Waals surface area contributed by atoms with Gasteiger partial charge in [-0.25, -0.2) is 9.78 Å². The lowest BCUT2D eigenvalue weighted by Crippen LogP contribution is -2.28. The molecular weight excluding hydrogens is 254 g/mol. The highest BCUT2D eigenvalue weighted by atomic mass is 16.6. The Morgan fingerprint density at radius 3 is 2.84 bits per heavy atom. The van der Waals surface area contributed by atoms with E-state index in [9.17, 15) is 9.59 Å². The van der Waals surface area contributed by atoms with E-state index in [0.717, 1.165) is 0 Å². The highest BCUT2D eigenvalue weighted by Gasteiger charge is 2.31. The summed E-state index contributed by atoms with van der Waals surface area (Å²) in [4.78, 5) is 31.1. The van der Waals surface area contributed by atoms with Crippen molar-refractivity contribution in [3.63, 3.8) is 0 Å². The summed E-state index contributed by atoms with van der Waals surface area (Å²) in [6.07, 6.45) is 0.420.